The molecule has 3 rings (SSSR count). The number of pyridine rings is 1. The highest BCUT2D eigenvalue weighted by atomic mass is 16.6. The minimum absolute atomic E-state index is 0.0963. The number of nitrogens with one attached hydrogen (secondary N) is 2. The molecule has 2 atom stereocenters. The molecule has 0 spiro atoms. The lowest BCUT2D eigenvalue weighted by molar-refractivity contribution is -0.156. The monoisotopic (exact) mass is 526 g/mol. The van der Waals surface area contributed by atoms with Crippen LogP contribution in [0.1, 0.15) is 70.3 Å². The second kappa shape index (κ2) is 14.4. The van der Waals surface area contributed by atoms with Crippen molar-refractivity contribution in [3.8, 4) is 0 Å². The summed E-state index contributed by atoms with van der Waals surface area (Å²) >= 11 is 0. The van der Waals surface area contributed by atoms with Crippen LogP contribution in [0.5, 0.6) is 0 Å². The molecule has 0 radical (unpaired) electrons. The molecule has 210 valence electrons. The maximum Gasteiger partial charge on any atom is 0.329 e. The van der Waals surface area contributed by atoms with Crippen LogP contribution in [0.15, 0.2) is 24.5 Å². The summed E-state index contributed by atoms with van der Waals surface area (Å²) in [4.78, 5) is 28.9. The molecule has 0 saturated heterocycles. The predicted molar refractivity (Wildman–Crippen MR) is 152 cm³/mol. The minimum atomic E-state index is -0.570. The number of unbranched alkanes of at least 4 members (excludes halogenated alkanes) is 1. The highest BCUT2D eigenvalue weighted by molar-refractivity contribution is 5.79. The minimum Gasteiger partial charge on any atom is -0.458 e. The lowest BCUT2D eigenvalue weighted by Crippen LogP contribution is -2.41. The molecule has 2 N–H and O–H groups in total. The van der Waals surface area contributed by atoms with Gasteiger partial charge in [0.15, 0.2) is 0 Å². The van der Waals surface area contributed by atoms with Crippen molar-refractivity contribution >= 4 is 17.6 Å². The summed E-state index contributed by atoms with van der Waals surface area (Å²) in [5.74, 6) is 1.35. The average molecular weight is 527 g/mol. The first-order valence-electron chi connectivity index (χ1n) is 13.9. The Morgan fingerprint density at radius 2 is 2.00 bits per heavy atom. The molecule has 1 aliphatic rings. The SMILES string of the molecule is CO[C@H](C)CN(CCCCc1ccc2c(n1)NCCC2)CC[C@H](Nc1cncc(C)n1)C(=O)OC(C)(C)C. The van der Waals surface area contributed by atoms with Gasteiger partial charge in [-0.25, -0.2) is 14.8 Å². The van der Waals surface area contributed by atoms with Crippen molar-refractivity contribution in [2.75, 3.05) is 43.9 Å². The fourth-order valence-electron chi connectivity index (χ4n) is 4.53. The first-order chi connectivity index (χ1) is 18.1. The maximum atomic E-state index is 13.1. The molecule has 9 heteroatoms. The Labute approximate surface area is 228 Å². The average Bonchev–Trinajstić information content (AvgIpc) is 2.87. The summed E-state index contributed by atoms with van der Waals surface area (Å²) in [5.41, 5.74) is 2.69. The van der Waals surface area contributed by atoms with E-state index in [2.05, 4.69) is 44.6 Å². The van der Waals surface area contributed by atoms with Crippen molar-refractivity contribution < 1.29 is 14.3 Å². The van der Waals surface area contributed by atoms with Crippen molar-refractivity contribution in [1.82, 2.24) is 19.9 Å². The van der Waals surface area contributed by atoms with Gasteiger partial charge in [0.1, 0.15) is 23.3 Å². The third kappa shape index (κ3) is 10.2. The molecule has 0 fully saturated rings. The molecule has 2 aromatic rings. The van der Waals surface area contributed by atoms with E-state index in [1.165, 1.54) is 12.0 Å². The second-order valence-electron chi connectivity index (χ2n) is 11.2. The number of aromatic nitrogens is 3. The maximum absolute atomic E-state index is 13.1. The largest absolute Gasteiger partial charge is 0.458 e. The fourth-order valence-corrected chi connectivity index (χ4v) is 4.53. The Balaban J connectivity index is 1.58. The van der Waals surface area contributed by atoms with E-state index < -0.39 is 11.6 Å². The molecular formula is C29H46N6O3. The summed E-state index contributed by atoms with van der Waals surface area (Å²) in [6.45, 7) is 13.0. The van der Waals surface area contributed by atoms with Gasteiger partial charge < -0.3 is 25.0 Å². The first kappa shape index (κ1) is 29.8. The van der Waals surface area contributed by atoms with Crippen molar-refractivity contribution in [3.05, 3.63) is 41.5 Å². The first-order valence-corrected chi connectivity index (χ1v) is 13.9. The highest BCUT2D eigenvalue weighted by Gasteiger charge is 2.26. The number of carbonyl (C=O) groups is 1. The number of hydrogen-bond donors (Lipinski definition) is 2. The molecule has 3 heterocycles. The fraction of sp³-hybridized carbons (Fsp3) is 0.655. The normalized spacial score (nSPS) is 14.9. The Morgan fingerprint density at radius 1 is 1.18 bits per heavy atom. The summed E-state index contributed by atoms with van der Waals surface area (Å²) in [6.07, 6.45) is 9.34. The van der Waals surface area contributed by atoms with E-state index in [9.17, 15) is 4.79 Å². The van der Waals surface area contributed by atoms with Crippen LogP contribution in [0.25, 0.3) is 0 Å². The number of rotatable bonds is 14. The van der Waals surface area contributed by atoms with Gasteiger partial charge in [-0.1, -0.05) is 6.07 Å². The zero-order valence-corrected chi connectivity index (χ0v) is 24.0. The molecule has 0 aliphatic carbocycles. The lowest BCUT2D eigenvalue weighted by atomic mass is 10.1. The van der Waals surface area contributed by atoms with Crippen LogP contribution in [0.2, 0.25) is 0 Å². The number of fused-ring (bicyclic) bond motifs is 1. The number of aryl methyl sites for hydroxylation is 3. The van der Waals surface area contributed by atoms with Crippen molar-refractivity contribution in [2.45, 2.75) is 90.9 Å². The van der Waals surface area contributed by atoms with Crippen LogP contribution in [0.4, 0.5) is 11.6 Å². The third-order valence-corrected chi connectivity index (χ3v) is 6.53. The summed E-state index contributed by atoms with van der Waals surface area (Å²) in [7, 11) is 1.74. The molecule has 9 nitrogen and oxygen atoms in total. The molecule has 0 bridgehead atoms. The Hall–Kier alpha value is -2.78. The van der Waals surface area contributed by atoms with Gasteiger partial charge in [-0.3, -0.25) is 4.98 Å². The van der Waals surface area contributed by atoms with Crippen molar-refractivity contribution in [2.24, 2.45) is 0 Å². The molecule has 1 aliphatic heterocycles. The van der Waals surface area contributed by atoms with E-state index in [0.717, 1.165) is 69.1 Å². The quantitative estimate of drug-likeness (QED) is 0.274. The molecular weight excluding hydrogens is 480 g/mol. The Morgan fingerprint density at radius 3 is 2.74 bits per heavy atom. The second-order valence-corrected chi connectivity index (χ2v) is 11.2. The van der Waals surface area contributed by atoms with Gasteiger partial charge >= 0.3 is 5.97 Å². The summed E-state index contributed by atoms with van der Waals surface area (Å²) in [6, 6.07) is 3.86. The highest BCUT2D eigenvalue weighted by Crippen LogP contribution is 2.20. The molecule has 0 amide bonds. The molecule has 38 heavy (non-hydrogen) atoms. The third-order valence-electron chi connectivity index (χ3n) is 6.53. The van der Waals surface area contributed by atoms with Crippen molar-refractivity contribution in [1.29, 1.82) is 0 Å². The number of nitrogens with zero attached hydrogens (tertiary/aromatic N) is 4. The lowest BCUT2D eigenvalue weighted by Gasteiger charge is -2.29. The van der Waals surface area contributed by atoms with Crippen LogP contribution in [0.3, 0.4) is 0 Å². The van der Waals surface area contributed by atoms with Gasteiger partial charge in [0, 0.05) is 38.6 Å². The van der Waals surface area contributed by atoms with Crippen LogP contribution in [0, 0.1) is 6.92 Å². The number of anilines is 2. The zero-order valence-electron chi connectivity index (χ0n) is 24.0. The summed E-state index contributed by atoms with van der Waals surface area (Å²) < 4.78 is 11.3. The number of carbonyl (C=O) groups excluding carboxylic acids is 1. The number of methoxy groups -OCH3 is 1. The van der Waals surface area contributed by atoms with E-state index >= 15 is 0 Å². The van der Waals surface area contributed by atoms with E-state index in [1.807, 2.05) is 27.7 Å². The van der Waals surface area contributed by atoms with Gasteiger partial charge in [0.05, 0.1) is 18.0 Å². The van der Waals surface area contributed by atoms with Gasteiger partial charge in [-0.15, -0.1) is 0 Å². The Kier molecular flexibility index (Phi) is 11.3. The van der Waals surface area contributed by atoms with Gasteiger partial charge in [-0.05, 0) is 91.3 Å². The van der Waals surface area contributed by atoms with E-state index in [1.54, 1.807) is 19.5 Å². The van der Waals surface area contributed by atoms with E-state index in [0.29, 0.717) is 12.2 Å². The van der Waals surface area contributed by atoms with Crippen molar-refractivity contribution in [3.63, 3.8) is 0 Å². The van der Waals surface area contributed by atoms with Crippen LogP contribution >= 0.6 is 0 Å². The van der Waals surface area contributed by atoms with Crippen LogP contribution in [-0.4, -0.2) is 76.9 Å². The van der Waals surface area contributed by atoms with Gasteiger partial charge in [-0.2, -0.15) is 0 Å². The predicted octanol–water partition coefficient (Wildman–Crippen LogP) is 4.41. The van der Waals surface area contributed by atoms with Crippen LogP contribution < -0.4 is 10.6 Å². The van der Waals surface area contributed by atoms with Crippen LogP contribution in [-0.2, 0) is 27.1 Å². The smallest absolute Gasteiger partial charge is 0.329 e. The molecule has 0 aromatic carbocycles. The number of esters is 1. The number of ether oxygens (including phenoxy) is 2. The number of hydrogen-bond acceptors (Lipinski definition) is 9. The molecule has 0 saturated carbocycles. The molecule has 0 unspecified atom stereocenters. The van der Waals surface area contributed by atoms with E-state index in [4.69, 9.17) is 14.5 Å². The van der Waals surface area contributed by atoms with Gasteiger partial charge in [0.25, 0.3) is 0 Å². The topological polar surface area (TPSA) is 102 Å². The zero-order chi connectivity index (χ0) is 27.5. The van der Waals surface area contributed by atoms with E-state index in [-0.39, 0.29) is 12.1 Å². The standard InChI is InChI=1S/C29H46N6O3/c1-21-18-30-19-26(32-21)34-25(28(36)38-29(3,4)5)14-17-35(20-22(2)37-6)16-8-7-11-24-13-12-23-10-9-15-31-27(23)33-24/h12-13,18-19,22,25H,7-11,14-17,20H2,1-6H3,(H,31,33)(H,32,34)/t22-,25+/m1/s1. The summed E-state index contributed by atoms with van der Waals surface area (Å²) in [5, 5.41) is 6.68. The van der Waals surface area contributed by atoms with Gasteiger partial charge in [0.2, 0.25) is 0 Å². The Bertz CT molecular complexity index is 1030. The molecule has 2 aromatic heterocycles.